The van der Waals surface area contributed by atoms with Gasteiger partial charge in [0.2, 0.25) is 0 Å². The second-order valence-electron chi connectivity index (χ2n) is 8.02. The number of rotatable bonds is 8. The number of nitrogens with zero attached hydrogens (tertiary/aromatic N) is 6. The molecule has 0 saturated heterocycles. The molecule has 0 bridgehead atoms. The minimum Gasteiger partial charge on any atom is -0.872 e. The van der Waals surface area contributed by atoms with E-state index in [0.717, 1.165) is 12.1 Å². The smallest absolute Gasteiger partial charge is 0.872 e. The molecule has 5 N–H and O–H groups in total. The van der Waals surface area contributed by atoms with Crippen molar-refractivity contribution in [2.75, 3.05) is 11.5 Å². The van der Waals surface area contributed by atoms with Crippen LogP contribution in [0.25, 0.3) is 0 Å². The molecule has 0 aliphatic rings. The summed E-state index contributed by atoms with van der Waals surface area (Å²) in [4.78, 5) is 10.7. The summed E-state index contributed by atoms with van der Waals surface area (Å²) in [5, 5.41) is 46.7. The molecule has 42 heavy (non-hydrogen) atoms. The minimum atomic E-state index is -4.32. The first-order valence-corrected chi connectivity index (χ1v) is 12.6. The average molecular weight is 605 g/mol. The van der Waals surface area contributed by atoms with Crippen molar-refractivity contribution >= 4 is 61.6 Å². The molecule has 0 unspecified atom stereocenters. The monoisotopic (exact) mass is 604 g/mol. The van der Waals surface area contributed by atoms with Crippen LogP contribution in [0.1, 0.15) is 10.4 Å². The molecule has 4 aromatic rings. The number of carbonyl (C=O) groups is 1. The Kier molecular flexibility index (Phi) is 12.4. The van der Waals surface area contributed by atoms with E-state index in [1.54, 1.807) is 24.3 Å². The van der Waals surface area contributed by atoms with Crippen molar-refractivity contribution < 1.29 is 87.1 Å². The van der Waals surface area contributed by atoms with Crippen molar-refractivity contribution in [1.29, 1.82) is 0 Å². The molecule has 0 atom stereocenters. The van der Waals surface area contributed by atoms with Crippen LogP contribution >= 0.6 is 0 Å². The van der Waals surface area contributed by atoms with E-state index in [1.165, 1.54) is 42.5 Å². The van der Waals surface area contributed by atoms with Gasteiger partial charge in [0.25, 0.3) is 10.1 Å². The van der Waals surface area contributed by atoms with Crippen LogP contribution in [0, 0.1) is 0 Å². The largest absolute Gasteiger partial charge is 1.00 e. The molecule has 0 radical (unpaired) electrons. The van der Waals surface area contributed by atoms with Crippen LogP contribution in [0.4, 0.5) is 45.5 Å². The van der Waals surface area contributed by atoms with Gasteiger partial charge in [0, 0.05) is 0 Å². The first kappa shape index (κ1) is 34.7. The third-order valence-corrected chi connectivity index (χ3v) is 6.04. The molecule has 4 aromatic carbocycles. The standard InChI is InChI=1S/C25H20N8O6S.2Na/c26-20-12-21(27)23(33-30-16-5-8-18(9-6-16)40(37,38)39)13-22(20)32-29-15-3-1-14(2-4-15)28-31-17-7-10-24(34)19(11-17)25(35)36;;/h1-13,34H,26-27H2,(H,35,36)(H,37,38,39);;/q;2*+1/p-2. The van der Waals surface area contributed by atoms with E-state index in [4.69, 9.17) is 16.0 Å². The van der Waals surface area contributed by atoms with Gasteiger partial charge in [-0.2, -0.15) is 28.9 Å². The zero-order chi connectivity index (χ0) is 28.9. The number of aromatic carboxylic acids is 1. The second-order valence-corrected chi connectivity index (χ2v) is 9.44. The zero-order valence-corrected chi connectivity index (χ0v) is 27.1. The molecule has 0 amide bonds. The summed E-state index contributed by atoms with van der Waals surface area (Å²) in [5.41, 5.74) is 13.8. The van der Waals surface area contributed by atoms with Gasteiger partial charge in [-0.3, -0.25) is 4.55 Å². The summed E-state index contributed by atoms with van der Waals surface area (Å²) in [7, 11) is -4.32. The van der Waals surface area contributed by atoms with Gasteiger partial charge in [-0.05, 0) is 78.4 Å². The molecule has 0 fully saturated rings. The van der Waals surface area contributed by atoms with E-state index >= 15 is 0 Å². The summed E-state index contributed by atoms with van der Waals surface area (Å²) in [6.45, 7) is 0. The van der Waals surface area contributed by atoms with E-state index in [2.05, 4.69) is 30.7 Å². The Morgan fingerprint density at radius 1 is 0.643 bits per heavy atom. The SMILES string of the molecule is Nc1cc(N)c(N=Nc2ccc(S(=O)(=O)O)cc2)cc1N=Nc1ccc(N=Nc2ccc([O-])c(C(=O)[O-])c2)cc1.[Na+].[Na+]. The van der Waals surface area contributed by atoms with Crippen LogP contribution in [-0.2, 0) is 10.1 Å². The fraction of sp³-hybridized carbons (Fsp3) is 0. The normalized spacial score (nSPS) is 11.5. The van der Waals surface area contributed by atoms with Crippen molar-refractivity contribution in [3.63, 3.8) is 0 Å². The molecular weight excluding hydrogens is 586 g/mol. The van der Waals surface area contributed by atoms with E-state index in [9.17, 15) is 23.4 Å². The molecule has 202 valence electrons. The van der Waals surface area contributed by atoms with E-state index < -0.39 is 27.4 Å². The van der Waals surface area contributed by atoms with Gasteiger partial charge in [-0.15, -0.1) is 10.2 Å². The maximum Gasteiger partial charge on any atom is 1.00 e. The third kappa shape index (κ3) is 9.23. The average Bonchev–Trinajstić information content (AvgIpc) is 2.91. The summed E-state index contributed by atoms with van der Waals surface area (Å²) in [6.07, 6.45) is 0. The molecule has 0 aliphatic carbocycles. The van der Waals surface area contributed by atoms with Crippen molar-refractivity contribution in [3.8, 4) is 5.75 Å². The summed E-state index contributed by atoms with van der Waals surface area (Å²) >= 11 is 0. The Morgan fingerprint density at radius 3 is 1.50 bits per heavy atom. The fourth-order valence-electron chi connectivity index (χ4n) is 3.13. The quantitative estimate of drug-likeness (QED) is 0.0951. The van der Waals surface area contributed by atoms with E-state index in [0.29, 0.717) is 17.1 Å². The number of nitrogens with two attached hydrogens (primary N) is 2. The first-order chi connectivity index (χ1) is 19.0. The van der Waals surface area contributed by atoms with Crippen molar-refractivity contribution in [2.24, 2.45) is 30.7 Å². The van der Waals surface area contributed by atoms with Crippen LogP contribution in [0.15, 0.2) is 114 Å². The molecule has 17 heteroatoms. The number of carboxylic acids is 1. The summed E-state index contributed by atoms with van der Waals surface area (Å²) in [5.74, 6) is -2.28. The molecule has 0 aliphatic heterocycles. The van der Waals surface area contributed by atoms with Crippen molar-refractivity contribution in [2.45, 2.75) is 4.90 Å². The number of hydrogen-bond acceptors (Lipinski definition) is 13. The Hall–Kier alpha value is -3.54. The summed E-state index contributed by atoms with van der Waals surface area (Å²) in [6, 6.07) is 17.9. The number of azo groups is 3. The Bertz CT molecular complexity index is 1780. The third-order valence-electron chi connectivity index (χ3n) is 5.17. The van der Waals surface area contributed by atoms with Gasteiger partial charge in [0.1, 0.15) is 11.4 Å². The molecule has 0 heterocycles. The number of carbonyl (C=O) groups excluding carboxylic acids is 1. The molecular formula is C25H18N8Na2O6S. The summed E-state index contributed by atoms with van der Waals surface area (Å²) < 4.78 is 31.4. The van der Waals surface area contributed by atoms with Crippen LogP contribution in [0.5, 0.6) is 5.75 Å². The van der Waals surface area contributed by atoms with Gasteiger partial charge in [0.15, 0.2) is 0 Å². The maximum absolute atomic E-state index is 11.5. The van der Waals surface area contributed by atoms with E-state index in [1.807, 2.05) is 0 Å². The number of carboxylic acid groups (broad SMARTS) is 1. The molecule has 0 saturated carbocycles. The van der Waals surface area contributed by atoms with Gasteiger partial charge in [-0.1, -0.05) is 11.8 Å². The Morgan fingerprint density at radius 2 is 1.05 bits per heavy atom. The minimum absolute atomic E-state index is 0. The molecule has 14 nitrogen and oxygen atoms in total. The van der Waals surface area contributed by atoms with Crippen molar-refractivity contribution in [1.82, 2.24) is 0 Å². The molecule has 4 rings (SSSR count). The van der Waals surface area contributed by atoms with Gasteiger partial charge in [-0.25, -0.2) is 0 Å². The first-order valence-electron chi connectivity index (χ1n) is 11.1. The topological polar surface area (TPSA) is 244 Å². The Labute approximate surface area is 283 Å². The van der Waals surface area contributed by atoms with Crippen molar-refractivity contribution in [3.05, 3.63) is 84.4 Å². The predicted molar refractivity (Wildman–Crippen MR) is 141 cm³/mol. The number of nitrogen functional groups attached to an aromatic ring is 2. The van der Waals surface area contributed by atoms with E-state index in [-0.39, 0.29) is 92.4 Å². The second kappa shape index (κ2) is 15.1. The number of benzene rings is 4. The van der Waals surface area contributed by atoms with Gasteiger partial charge < -0.3 is 26.5 Å². The number of anilines is 2. The van der Waals surface area contributed by atoms with Gasteiger partial charge in [0.05, 0.1) is 45.0 Å². The zero-order valence-electron chi connectivity index (χ0n) is 22.2. The Balaban J connectivity index is 0.00000308. The molecule has 0 spiro atoms. The maximum atomic E-state index is 11.5. The fourth-order valence-corrected chi connectivity index (χ4v) is 3.61. The predicted octanol–water partition coefficient (Wildman–Crippen LogP) is -1.21. The van der Waals surface area contributed by atoms with Crippen LogP contribution in [-0.4, -0.2) is 18.9 Å². The van der Waals surface area contributed by atoms with Gasteiger partial charge >= 0.3 is 59.1 Å². The van der Waals surface area contributed by atoms with Crippen LogP contribution < -0.4 is 80.8 Å². The van der Waals surface area contributed by atoms with Crippen LogP contribution in [0.3, 0.4) is 0 Å². The number of hydrogen-bond donors (Lipinski definition) is 3. The molecule has 0 aromatic heterocycles. The van der Waals surface area contributed by atoms with Crippen LogP contribution in [0.2, 0.25) is 0 Å².